The van der Waals surface area contributed by atoms with Crippen LogP contribution in [0.15, 0.2) is 42.6 Å². The van der Waals surface area contributed by atoms with E-state index in [0.717, 1.165) is 54.0 Å². The Kier molecular flexibility index (Phi) is 6.54. The number of aromatic amines is 1. The third-order valence-electron chi connectivity index (χ3n) is 7.00. The van der Waals surface area contributed by atoms with Gasteiger partial charge in [0.25, 0.3) is 5.91 Å². The molecule has 10 heteroatoms. The van der Waals surface area contributed by atoms with Crippen molar-refractivity contribution in [1.29, 1.82) is 5.26 Å². The smallest absolute Gasteiger partial charge is 0.255 e. The lowest BCUT2D eigenvalue weighted by molar-refractivity contribution is 0.0947. The summed E-state index contributed by atoms with van der Waals surface area (Å²) >= 11 is 0. The van der Waals surface area contributed by atoms with Crippen molar-refractivity contribution in [1.82, 2.24) is 25.0 Å². The molecule has 0 bridgehead atoms. The quantitative estimate of drug-likeness (QED) is 0.369. The molecule has 1 saturated heterocycles. The molecule has 0 radical (unpaired) electrons. The van der Waals surface area contributed by atoms with Gasteiger partial charge in [0.05, 0.1) is 24.2 Å². The number of anilines is 1. The normalized spacial score (nSPS) is 14.5. The minimum atomic E-state index is -0.519. The van der Waals surface area contributed by atoms with Gasteiger partial charge in [-0.05, 0) is 62.8 Å². The number of H-pyrrole nitrogens is 1. The van der Waals surface area contributed by atoms with Gasteiger partial charge in [0, 0.05) is 23.7 Å². The molecule has 4 N–H and O–H groups in total. The number of ether oxygens (including phenoxy) is 1. The van der Waals surface area contributed by atoms with Crippen LogP contribution in [-0.4, -0.2) is 52.8 Å². The van der Waals surface area contributed by atoms with Gasteiger partial charge in [0.2, 0.25) is 0 Å². The fourth-order valence-electron chi connectivity index (χ4n) is 4.96. The van der Waals surface area contributed by atoms with Crippen molar-refractivity contribution >= 4 is 22.6 Å². The average molecular weight is 502 g/mol. The topological polar surface area (TPSA) is 125 Å². The zero-order valence-electron chi connectivity index (χ0n) is 20.7. The summed E-state index contributed by atoms with van der Waals surface area (Å²) in [6.07, 6.45) is 3.64. The number of halogens is 1. The van der Waals surface area contributed by atoms with Crippen LogP contribution < -0.4 is 15.8 Å². The van der Waals surface area contributed by atoms with Crippen LogP contribution in [0.2, 0.25) is 0 Å². The van der Waals surface area contributed by atoms with Gasteiger partial charge in [-0.3, -0.25) is 4.79 Å². The Balaban J connectivity index is 1.45. The van der Waals surface area contributed by atoms with Crippen LogP contribution in [0, 0.1) is 17.1 Å². The molecule has 9 nitrogen and oxygen atoms in total. The number of nitriles is 1. The molecule has 190 valence electrons. The number of piperidine rings is 1. The summed E-state index contributed by atoms with van der Waals surface area (Å²) in [5.74, 6) is -0.289. The Hall–Kier alpha value is -4.36. The SMILES string of the molecule is COc1ccc(F)cc1C(=O)NCc1ccc(-c2nn(C3CCN(C)CC3)c(N)c2C#N)c2cc[nH]c12. The Bertz CT molecular complexity index is 1510. The number of nitrogen functional groups attached to an aromatic ring is 1. The second kappa shape index (κ2) is 9.95. The van der Waals surface area contributed by atoms with E-state index in [-0.39, 0.29) is 18.2 Å². The second-order valence-electron chi connectivity index (χ2n) is 9.27. The molecule has 4 aromatic rings. The summed E-state index contributed by atoms with van der Waals surface area (Å²) in [5.41, 5.74) is 9.86. The number of carbonyl (C=O) groups is 1. The first-order valence-corrected chi connectivity index (χ1v) is 12.1. The number of nitrogens with one attached hydrogen (secondary N) is 2. The number of fused-ring (bicyclic) bond motifs is 1. The first-order valence-electron chi connectivity index (χ1n) is 12.1. The number of nitrogens with two attached hydrogens (primary N) is 1. The highest BCUT2D eigenvalue weighted by atomic mass is 19.1. The fraction of sp³-hybridized carbons (Fsp3) is 0.296. The van der Waals surface area contributed by atoms with Gasteiger partial charge in [-0.1, -0.05) is 12.1 Å². The minimum Gasteiger partial charge on any atom is -0.496 e. The molecular formula is C27H28FN7O2. The van der Waals surface area contributed by atoms with Crippen LogP contribution in [0.5, 0.6) is 5.75 Å². The highest BCUT2D eigenvalue weighted by Crippen LogP contribution is 2.36. The van der Waals surface area contributed by atoms with Crippen molar-refractivity contribution in [2.24, 2.45) is 0 Å². The van der Waals surface area contributed by atoms with E-state index in [4.69, 9.17) is 15.6 Å². The van der Waals surface area contributed by atoms with Crippen LogP contribution in [0.3, 0.4) is 0 Å². The highest BCUT2D eigenvalue weighted by molar-refractivity contribution is 5.99. The number of carbonyl (C=O) groups excluding carboxylic acids is 1. The Morgan fingerprint density at radius 3 is 2.81 bits per heavy atom. The molecule has 2 aromatic heterocycles. The largest absolute Gasteiger partial charge is 0.496 e. The van der Waals surface area contributed by atoms with Crippen molar-refractivity contribution in [3.8, 4) is 23.1 Å². The summed E-state index contributed by atoms with van der Waals surface area (Å²) in [5, 5.41) is 18.4. The van der Waals surface area contributed by atoms with Crippen molar-refractivity contribution < 1.29 is 13.9 Å². The zero-order valence-corrected chi connectivity index (χ0v) is 20.7. The van der Waals surface area contributed by atoms with E-state index in [1.165, 1.54) is 19.2 Å². The summed E-state index contributed by atoms with van der Waals surface area (Å²) in [4.78, 5) is 18.3. The Labute approximate surface area is 213 Å². The maximum absolute atomic E-state index is 13.7. The molecule has 5 rings (SSSR count). The van der Waals surface area contributed by atoms with E-state index in [1.807, 2.05) is 18.2 Å². The van der Waals surface area contributed by atoms with E-state index in [1.54, 1.807) is 10.9 Å². The van der Waals surface area contributed by atoms with Crippen molar-refractivity contribution in [2.45, 2.75) is 25.4 Å². The Morgan fingerprint density at radius 1 is 1.30 bits per heavy atom. The summed E-state index contributed by atoms with van der Waals surface area (Å²) in [6.45, 7) is 2.10. The van der Waals surface area contributed by atoms with Gasteiger partial charge in [0.15, 0.2) is 0 Å². The van der Waals surface area contributed by atoms with E-state index >= 15 is 0 Å². The Morgan fingerprint density at radius 2 is 2.08 bits per heavy atom. The third kappa shape index (κ3) is 4.49. The maximum Gasteiger partial charge on any atom is 0.255 e. The number of nitrogens with zero attached hydrogens (tertiary/aromatic N) is 4. The van der Waals surface area contributed by atoms with Crippen LogP contribution in [0.4, 0.5) is 10.2 Å². The summed E-state index contributed by atoms with van der Waals surface area (Å²) < 4.78 is 20.7. The van der Waals surface area contributed by atoms with Gasteiger partial charge >= 0.3 is 0 Å². The lowest BCUT2D eigenvalue weighted by atomic mass is 10.0. The number of rotatable bonds is 6. The molecule has 3 heterocycles. The molecule has 1 aliphatic heterocycles. The van der Waals surface area contributed by atoms with Gasteiger partial charge in [0.1, 0.15) is 34.7 Å². The van der Waals surface area contributed by atoms with Gasteiger partial charge in [-0.25, -0.2) is 9.07 Å². The number of amides is 1. The van der Waals surface area contributed by atoms with Crippen molar-refractivity contribution in [3.05, 3.63) is 65.1 Å². The molecule has 37 heavy (non-hydrogen) atoms. The van der Waals surface area contributed by atoms with Crippen molar-refractivity contribution in [2.75, 3.05) is 33.0 Å². The predicted octanol–water partition coefficient (Wildman–Crippen LogP) is 3.83. The van der Waals surface area contributed by atoms with Crippen molar-refractivity contribution in [3.63, 3.8) is 0 Å². The summed E-state index contributed by atoms with van der Waals surface area (Å²) in [7, 11) is 3.53. The van der Waals surface area contributed by atoms with Gasteiger partial charge < -0.3 is 25.7 Å². The zero-order chi connectivity index (χ0) is 26.1. The average Bonchev–Trinajstić information content (AvgIpc) is 3.52. The number of likely N-dealkylation sites (tertiary alicyclic amines) is 1. The molecule has 0 saturated carbocycles. The molecule has 0 aliphatic carbocycles. The molecule has 2 aromatic carbocycles. The van der Waals surface area contributed by atoms with Gasteiger partial charge in [-0.2, -0.15) is 10.4 Å². The minimum absolute atomic E-state index is 0.121. The van der Waals surface area contributed by atoms with E-state index in [2.05, 4.69) is 28.3 Å². The van der Waals surface area contributed by atoms with Gasteiger partial charge in [-0.15, -0.1) is 0 Å². The fourth-order valence-corrected chi connectivity index (χ4v) is 4.96. The first-order chi connectivity index (χ1) is 17.9. The number of aromatic nitrogens is 3. The molecule has 1 aliphatic rings. The van der Waals surface area contributed by atoms with Crippen LogP contribution in [-0.2, 0) is 6.54 Å². The molecule has 0 spiro atoms. The van der Waals surface area contributed by atoms with Crippen LogP contribution >= 0.6 is 0 Å². The molecular weight excluding hydrogens is 473 g/mol. The standard InChI is InChI=1S/C27H28FN7O2/c1-34-11-8-18(9-12-34)35-26(30)22(14-29)25(33-35)19-5-3-16(24-20(19)7-10-31-24)15-32-27(36)21-13-17(28)4-6-23(21)37-2/h3-7,10,13,18,31H,8-9,11-12,15,30H2,1-2H3,(H,32,36). The second-order valence-corrected chi connectivity index (χ2v) is 9.27. The first kappa shape index (κ1) is 24.3. The molecule has 0 atom stereocenters. The lowest BCUT2D eigenvalue weighted by Crippen LogP contribution is -2.32. The molecule has 1 amide bonds. The number of hydrogen-bond acceptors (Lipinski definition) is 6. The highest BCUT2D eigenvalue weighted by Gasteiger charge is 2.26. The maximum atomic E-state index is 13.7. The monoisotopic (exact) mass is 501 g/mol. The van der Waals surface area contributed by atoms with Crippen LogP contribution in [0.25, 0.3) is 22.2 Å². The number of methoxy groups -OCH3 is 1. The lowest BCUT2D eigenvalue weighted by Gasteiger charge is -2.29. The third-order valence-corrected chi connectivity index (χ3v) is 7.00. The molecule has 1 fully saturated rings. The van der Waals surface area contributed by atoms with E-state index in [9.17, 15) is 14.4 Å². The number of hydrogen-bond donors (Lipinski definition) is 3. The number of benzene rings is 2. The summed E-state index contributed by atoms with van der Waals surface area (Å²) in [6, 6.07) is 11.9. The van der Waals surface area contributed by atoms with E-state index in [0.29, 0.717) is 22.8 Å². The predicted molar refractivity (Wildman–Crippen MR) is 139 cm³/mol. The van der Waals surface area contributed by atoms with Crippen LogP contribution in [0.1, 0.15) is 40.4 Å². The van der Waals surface area contributed by atoms with E-state index < -0.39 is 11.7 Å². The molecule has 0 unspecified atom stereocenters.